The lowest BCUT2D eigenvalue weighted by atomic mass is 9.84. The first-order valence-corrected chi connectivity index (χ1v) is 20.2. The second-order valence-electron chi connectivity index (χ2n) is 16.1. The van der Waals surface area contributed by atoms with E-state index in [-0.39, 0.29) is 11.1 Å². The van der Waals surface area contributed by atoms with Crippen molar-refractivity contribution in [2.45, 2.75) is 118 Å². The number of Topliss-reactive ketones (excluding diaryl/α,β-unsaturated/α-hetero) is 1. The minimum Gasteiger partial charge on any atom is -0.458 e. The molecule has 8 heteroatoms. The Balaban J connectivity index is 0.000000184. The Bertz CT molecular complexity index is 2320. The van der Waals surface area contributed by atoms with Crippen molar-refractivity contribution in [3.8, 4) is 11.5 Å². The third-order valence-electron chi connectivity index (χ3n) is 12.0. The van der Waals surface area contributed by atoms with Gasteiger partial charge in [0.15, 0.2) is 11.5 Å². The maximum absolute atomic E-state index is 12.7. The molecule has 2 saturated carbocycles. The van der Waals surface area contributed by atoms with Crippen molar-refractivity contribution in [3.05, 3.63) is 128 Å². The van der Waals surface area contributed by atoms with Crippen LogP contribution in [0.2, 0.25) is 0 Å². The summed E-state index contributed by atoms with van der Waals surface area (Å²) in [5.41, 5.74) is 8.00. The topological polar surface area (TPSA) is 91.6 Å². The molecule has 55 heavy (non-hydrogen) atoms. The summed E-state index contributed by atoms with van der Waals surface area (Å²) >= 11 is 0. The number of aromatic nitrogens is 2. The number of ketones is 1. The predicted molar refractivity (Wildman–Crippen MR) is 221 cm³/mol. The van der Waals surface area contributed by atoms with Crippen LogP contribution in [-0.2, 0) is 24.4 Å². The number of hydrogen-bond acceptors (Lipinski definition) is 6. The number of hydrogen-bond donors (Lipinski definition) is 1. The average molecular weight is 742 g/mol. The molecule has 0 atom stereocenters. The van der Waals surface area contributed by atoms with Gasteiger partial charge < -0.3 is 23.9 Å². The van der Waals surface area contributed by atoms with Crippen molar-refractivity contribution < 1.29 is 14.3 Å². The van der Waals surface area contributed by atoms with E-state index < -0.39 is 0 Å². The highest BCUT2D eigenvalue weighted by Crippen LogP contribution is 2.32. The number of fused-ring (bicyclic) bond motifs is 3. The van der Waals surface area contributed by atoms with E-state index in [1.165, 1.54) is 47.8 Å². The summed E-state index contributed by atoms with van der Waals surface area (Å²) in [4.78, 5) is 36.5. The number of carbonyl (C=O) groups is 1. The molecule has 3 aromatic carbocycles. The van der Waals surface area contributed by atoms with Gasteiger partial charge in [0.05, 0.1) is 11.0 Å². The van der Waals surface area contributed by atoms with E-state index in [0.29, 0.717) is 36.5 Å². The summed E-state index contributed by atoms with van der Waals surface area (Å²) < 4.78 is 14.9. The summed E-state index contributed by atoms with van der Waals surface area (Å²) in [5, 5.41) is 6.06. The number of pyridine rings is 2. The Labute approximate surface area is 324 Å². The molecule has 288 valence electrons. The van der Waals surface area contributed by atoms with E-state index >= 15 is 0 Å². The molecule has 1 N–H and O–H groups in total. The SMILES string of the molecule is Cc1ccc2c(C)cc(=O)n(CCC3CCC(=O)CC3)c2c1.Cc1ccc2c(C)cc(=O)n(CCC3CCC(NCc4ccc5c(c4)OC=CO5)CC3)c2c1. The molecule has 8 rings (SSSR count). The van der Waals surface area contributed by atoms with Crippen LogP contribution in [0, 0.1) is 39.5 Å². The zero-order chi connectivity index (χ0) is 38.5. The Kier molecular flexibility index (Phi) is 12.0. The number of carbonyl (C=O) groups excluding carboxylic acids is 1. The molecule has 5 aromatic rings. The van der Waals surface area contributed by atoms with Gasteiger partial charge in [-0.15, -0.1) is 0 Å². The van der Waals surface area contributed by atoms with Crippen LogP contribution in [0.5, 0.6) is 11.5 Å². The fourth-order valence-corrected chi connectivity index (χ4v) is 8.66. The Hall–Kier alpha value is -4.95. The van der Waals surface area contributed by atoms with Crippen LogP contribution < -0.4 is 25.9 Å². The van der Waals surface area contributed by atoms with Gasteiger partial charge in [0.25, 0.3) is 11.1 Å². The van der Waals surface area contributed by atoms with E-state index in [1.807, 2.05) is 35.1 Å². The molecule has 0 saturated heterocycles. The van der Waals surface area contributed by atoms with Crippen LogP contribution in [0.1, 0.15) is 92.0 Å². The normalized spacial score (nSPS) is 18.4. The van der Waals surface area contributed by atoms with Crippen molar-refractivity contribution in [3.63, 3.8) is 0 Å². The summed E-state index contributed by atoms with van der Waals surface area (Å²) in [6.07, 6.45) is 13.3. The Morgan fingerprint density at radius 3 is 1.69 bits per heavy atom. The number of rotatable bonds is 9. The van der Waals surface area contributed by atoms with Crippen LogP contribution in [0.3, 0.4) is 0 Å². The summed E-state index contributed by atoms with van der Waals surface area (Å²) in [6, 6.07) is 22.9. The minimum atomic E-state index is 0.0856. The van der Waals surface area contributed by atoms with E-state index in [4.69, 9.17) is 9.47 Å². The van der Waals surface area contributed by atoms with Crippen molar-refractivity contribution in [1.29, 1.82) is 0 Å². The molecular formula is C47H55N3O5. The molecule has 1 aliphatic heterocycles. The lowest BCUT2D eigenvalue weighted by molar-refractivity contribution is -0.121. The summed E-state index contributed by atoms with van der Waals surface area (Å²) in [6.45, 7) is 10.6. The van der Waals surface area contributed by atoms with Crippen molar-refractivity contribution >= 4 is 27.6 Å². The molecule has 2 aromatic heterocycles. The highest BCUT2D eigenvalue weighted by atomic mass is 16.5. The van der Waals surface area contributed by atoms with E-state index in [1.54, 1.807) is 24.7 Å². The lowest BCUT2D eigenvalue weighted by Crippen LogP contribution is -2.33. The second kappa shape index (κ2) is 17.2. The van der Waals surface area contributed by atoms with Crippen LogP contribution >= 0.6 is 0 Å². The largest absolute Gasteiger partial charge is 0.458 e. The fourth-order valence-electron chi connectivity index (χ4n) is 8.66. The predicted octanol–water partition coefficient (Wildman–Crippen LogP) is 9.37. The molecule has 0 spiro atoms. The first kappa shape index (κ1) is 38.3. The van der Waals surface area contributed by atoms with Gasteiger partial charge in [0.1, 0.15) is 18.3 Å². The van der Waals surface area contributed by atoms with Crippen LogP contribution in [0.25, 0.3) is 21.8 Å². The number of ether oxygens (including phenoxy) is 2. The Morgan fingerprint density at radius 1 is 0.600 bits per heavy atom. The molecule has 0 unspecified atom stereocenters. The zero-order valence-electron chi connectivity index (χ0n) is 32.9. The molecule has 3 heterocycles. The van der Waals surface area contributed by atoms with Crippen LogP contribution in [0.15, 0.2) is 88.8 Å². The molecule has 0 bridgehead atoms. The quantitative estimate of drug-likeness (QED) is 0.162. The van der Waals surface area contributed by atoms with Gasteiger partial charge in [-0.2, -0.15) is 0 Å². The highest BCUT2D eigenvalue weighted by Gasteiger charge is 2.22. The number of nitrogens with one attached hydrogen (secondary N) is 1. The maximum Gasteiger partial charge on any atom is 0.251 e. The van der Waals surface area contributed by atoms with Crippen molar-refractivity contribution in [1.82, 2.24) is 14.5 Å². The number of aryl methyl sites for hydroxylation is 6. The van der Waals surface area contributed by atoms with Crippen LogP contribution in [-0.4, -0.2) is 21.0 Å². The molecular weight excluding hydrogens is 687 g/mol. The maximum atomic E-state index is 12.7. The van der Waals surface area contributed by atoms with Gasteiger partial charge in [0.2, 0.25) is 0 Å². The van der Waals surface area contributed by atoms with E-state index in [2.05, 4.69) is 61.6 Å². The number of benzene rings is 3. The minimum absolute atomic E-state index is 0.0856. The van der Waals surface area contributed by atoms with E-state index in [0.717, 1.165) is 84.4 Å². The standard InChI is InChI=1S/C28H32N2O3.C19H23NO2/c1-19-3-9-24-20(2)16-28(31)30(25(24)15-19)12-11-21-4-7-23(8-5-21)29-18-22-6-10-26-27(17-22)33-14-13-32-26;1-13-3-8-17-14(2)12-19(22)20(18(17)11-13)10-9-15-4-6-16(21)7-5-15/h3,6,9-10,13-17,21,23,29H,4-5,7-8,11-12,18H2,1-2H3;3,8,11-12,15H,4-7,9-10H2,1-2H3. The average Bonchev–Trinajstić information content (AvgIpc) is 3.18. The second-order valence-corrected chi connectivity index (χ2v) is 16.1. The summed E-state index contributed by atoms with van der Waals surface area (Å²) in [5.74, 6) is 3.18. The molecule has 8 nitrogen and oxygen atoms in total. The van der Waals surface area contributed by atoms with Gasteiger partial charge in [0, 0.05) is 61.4 Å². The zero-order valence-corrected chi connectivity index (χ0v) is 32.9. The number of nitrogens with zero attached hydrogens (tertiary/aromatic N) is 2. The smallest absolute Gasteiger partial charge is 0.251 e. The van der Waals surface area contributed by atoms with Crippen molar-refractivity contribution in [2.75, 3.05) is 0 Å². The lowest BCUT2D eigenvalue weighted by Gasteiger charge is -2.29. The highest BCUT2D eigenvalue weighted by molar-refractivity contribution is 5.84. The van der Waals surface area contributed by atoms with Crippen molar-refractivity contribution in [2.24, 2.45) is 11.8 Å². The van der Waals surface area contributed by atoms with Gasteiger partial charge in [-0.1, -0.05) is 30.3 Å². The molecule has 0 amide bonds. The van der Waals surface area contributed by atoms with Crippen LogP contribution in [0.4, 0.5) is 0 Å². The summed E-state index contributed by atoms with van der Waals surface area (Å²) in [7, 11) is 0. The molecule has 2 aliphatic carbocycles. The fraction of sp³-hybridized carbons (Fsp3) is 0.426. The monoisotopic (exact) mass is 741 g/mol. The molecule has 0 radical (unpaired) electrons. The Morgan fingerprint density at radius 2 is 1.13 bits per heavy atom. The third kappa shape index (κ3) is 9.30. The van der Waals surface area contributed by atoms with Gasteiger partial charge >= 0.3 is 0 Å². The first-order valence-electron chi connectivity index (χ1n) is 20.2. The molecule has 2 fully saturated rings. The van der Waals surface area contributed by atoms with Gasteiger partial charge in [-0.25, -0.2) is 0 Å². The molecule has 3 aliphatic rings. The first-order chi connectivity index (χ1) is 26.6. The van der Waals surface area contributed by atoms with E-state index in [9.17, 15) is 14.4 Å². The third-order valence-corrected chi connectivity index (χ3v) is 12.0. The van der Waals surface area contributed by atoms with Gasteiger partial charge in [-0.3, -0.25) is 14.4 Å². The van der Waals surface area contributed by atoms with Gasteiger partial charge in [-0.05, 0) is 143 Å².